The molecule has 2 aromatic carbocycles. The van der Waals surface area contributed by atoms with E-state index in [9.17, 15) is 0 Å². The van der Waals surface area contributed by atoms with Crippen LogP contribution in [0.2, 0.25) is 0 Å². The van der Waals surface area contributed by atoms with Crippen molar-refractivity contribution < 1.29 is 4.74 Å². The van der Waals surface area contributed by atoms with Crippen LogP contribution >= 0.6 is 11.3 Å². The maximum atomic E-state index is 5.32. The molecule has 0 aliphatic carbocycles. The quantitative estimate of drug-likeness (QED) is 0.704. The third-order valence-electron chi connectivity index (χ3n) is 4.84. The Balaban J connectivity index is 1.51. The molecule has 25 heavy (non-hydrogen) atoms. The maximum Gasteiger partial charge on any atom is 0.186 e. The minimum absolute atomic E-state index is 0.891. The zero-order chi connectivity index (χ0) is 17.4. The Morgan fingerprint density at radius 3 is 2.48 bits per heavy atom. The lowest BCUT2D eigenvalue weighted by Gasteiger charge is -2.36. The van der Waals surface area contributed by atoms with Crippen LogP contribution in [0.25, 0.3) is 10.2 Å². The molecule has 0 spiro atoms. The Hall–Kier alpha value is -2.27. The number of methoxy groups -OCH3 is 1. The maximum absolute atomic E-state index is 5.32. The van der Waals surface area contributed by atoms with Crippen molar-refractivity contribution in [3.8, 4) is 5.75 Å². The van der Waals surface area contributed by atoms with Gasteiger partial charge in [-0.25, -0.2) is 4.98 Å². The number of hydrogen-bond acceptors (Lipinski definition) is 5. The van der Waals surface area contributed by atoms with Gasteiger partial charge in [-0.05, 0) is 49.2 Å². The molecular weight excluding hydrogens is 330 g/mol. The summed E-state index contributed by atoms with van der Waals surface area (Å²) in [6.07, 6.45) is 0. The van der Waals surface area contributed by atoms with E-state index in [1.54, 1.807) is 18.4 Å². The Morgan fingerprint density at radius 2 is 1.72 bits per heavy atom. The minimum Gasteiger partial charge on any atom is -0.497 e. The zero-order valence-corrected chi connectivity index (χ0v) is 15.8. The summed E-state index contributed by atoms with van der Waals surface area (Å²) in [6, 6.07) is 12.8. The van der Waals surface area contributed by atoms with Crippen molar-refractivity contribution in [3.63, 3.8) is 0 Å². The number of piperazine rings is 1. The summed E-state index contributed by atoms with van der Waals surface area (Å²) in [5.74, 6) is 0.891. The Morgan fingerprint density at radius 1 is 0.960 bits per heavy atom. The van der Waals surface area contributed by atoms with Gasteiger partial charge in [0.05, 0.1) is 17.3 Å². The van der Waals surface area contributed by atoms with E-state index in [-0.39, 0.29) is 0 Å². The van der Waals surface area contributed by atoms with E-state index in [1.807, 2.05) is 12.1 Å². The minimum atomic E-state index is 0.891. The molecule has 0 saturated carbocycles. The van der Waals surface area contributed by atoms with E-state index >= 15 is 0 Å². The van der Waals surface area contributed by atoms with E-state index in [0.29, 0.717) is 0 Å². The van der Waals surface area contributed by atoms with Crippen LogP contribution in [0.1, 0.15) is 11.1 Å². The number of aryl methyl sites for hydroxylation is 2. The molecule has 0 atom stereocenters. The molecule has 4 rings (SSSR count). The van der Waals surface area contributed by atoms with Gasteiger partial charge in [0, 0.05) is 31.9 Å². The highest BCUT2D eigenvalue weighted by Crippen LogP contribution is 2.32. The highest BCUT2D eigenvalue weighted by Gasteiger charge is 2.21. The number of ether oxygens (including phenoxy) is 1. The van der Waals surface area contributed by atoms with Gasteiger partial charge in [-0.15, -0.1) is 0 Å². The number of benzene rings is 2. The first-order valence-electron chi connectivity index (χ1n) is 8.66. The van der Waals surface area contributed by atoms with Crippen LogP contribution in [0, 0.1) is 13.8 Å². The molecule has 0 unspecified atom stereocenters. The van der Waals surface area contributed by atoms with Gasteiger partial charge in [0.15, 0.2) is 5.13 Å². The number of rotatable bonds is 3. The van der Waals surface area contributed by atoms with Crippen LogP contribution in [0.4, 0.5) is 10.8 Å². The molecule has 3 aromatic rings. The highest BCUT2D eigenvalue weighted by atomic mass is 32.1. The van der Waals surface area contributed by atoms with Crippen LogP contribution < -0.4 is 14.5 Å². The first-order chi connectivity index (χ1) is 12.1. The smallest absolute Gasteiger partial charge is 0.186 e. The van der Waals surface area contributed by atoms with Gasteiger partial charge in [0.25, 0.3) is 0 Å². The Labute approximate surface area is 152 Å². The number of thiazole rings is 1. The van der Waals surface area contributed by atoms with Gasteiger partial charge >= 0.3 is 0 Å². The van der Waals surface area contributed by atoms with Crippen molar-refractivity contribution >= 4 is 32.4 Å². The lowest BCUT2D eigenvalue weighted by Crippen LogP contribution is -2.46. The number of fused-ring (bicyclic) bond motifs is 1. The predicted octanol–water partition coefficient (Wildman–Crippen LogP) is 4.25. The molecule has 0 bridgehead atoms. The van der Waals surface area contributed by atoms with Gasteiger partial charge in [-0.3, -0.25) is 0 Å². The van der Waals surface area contributed by atoms with Crippen molar-refractivity contribution in [2.24, 2.45) is 0 Å². The SMILES string of the molecule is COc1ccc2nc(N3CCN(c4cc(C)ccc4C)CC3)sc2c1. The van der Waals surface area contributed by atoms with Crippen molar-refractivity contribution in [2.75, 3.05) is 43.1 Å². The molecule has 1 aromatic heterocycles. The van der Waals surface area contributed by atoms with E-state index < -0.39 is 0 Å². The summed E-state index contributed by atoms with van der Waals surface area (Å²) in [6.45, 7) is 8.43. The molecule has 5 heteroatoms. The molecule has 1 fully saturated rings. The summed E-state index contributed by atoms with van der Waals surface area (Å²) >= 11 is 1.75. The largest absolute Gasteiger partial charge is 0.497 e. The summed E-state index contributed by atoms with van der Waals surface area (Å²) in [4.78, 5) is 9.71. The van der Waals surface area contributed by atoms with Crippen LogP contribution in [-0.2, 0) is 0 Å². The first-order valence-corrected chi connectivity index (χ1v) is 9.47. The average molecular weight is 353 g/mol. The number of anilines is 2. The van der Waals surface area contributed by atoms with Gasteiger partial charge in [0.1, 0.15) is 5.75 Å². The third kappa shape index (κ3) is 3.16. The summed E-state index contributed by atoms with van der Waals surface area (Å²) in [5.41, 5.74) is 5.10. The van der Waals surface area contributed by atoms with Gasteiger partial charge in [-0.1, -0.05) is 23.5 Å². The molecular formula is C20H23N3OS. The van der Waals surface area contributed by atoms with Crippen LogP contribution in [0.5, 0.6) is 5.75 Å². The monoisotopic (exact) mass is 353 g/mol. The fourth-order valence-corrected chi connectivity index (χ4v) is 4.40. The van der Waals surface area contributed by atoms with Crippen LogP contribution in [0.15, 0.2) is 36.4 Å². The van der Waals surface area contributed by atoms with Crippen molar-refractivity contribution in [3.05, 3.63) is 47.5 Å². The third-order valence-corrected chi connectivity index (χ3v) is 5.92. The van der Waals surface area contributed by atoms with E-state index in [2.05, 4.69) is 47.9 Å². The van der Waals surface area contributed by atoms with E-state index in [4.69, 9.17) is 9.72 Å². The van der Waals surface area contributed by atoms with E-state index in [1.165, 1.54) is 21.5 Å². The molecule has 130 valence electrons. The second-order valence-corrected chi connectivity index (χ2v) is 7.60. The van der Waals surface area contributed by atoms with Gasteiger partial charge in [-0.2, -0.15) is 0 Å². The summed E-state index contributed by atoms with van der Waals surface area (Å²) in [7, 11) is 1.70. The fraction of sp³-hybridized carbons (Fsp3) is 0.350. The first kappa shape index (κ1) is 16.2. The summed E-state index contributed by atoms with van der Waals surface area (Å²) in [5, 5.41) is 1.11. The van der Waals surface area contributed by atoms with E-state index in [0.717, 1.165) is 42.6 Å². The Bertz CT molecular complexity index is 897. The summed E-state index contributed by atoms with van der Waals surface area (Å²) < 4.78 is 6.51. The lowest BCUT2D eigenvalue weighted by molar-refractivity contribution is 0.415. The topological polar surface area (TPSA) is 28.6 Å². The average Bonchev–Trinajstić information content (AvgIpc) is 3.07. The van der Waals surface area contributed by atoms with Crippen molar-refractivity contribution in [1.82, 2.24) is 4.98 Å². The normalized spacial score (nSPS) is 15.0. The van der Waals surface area contributed by atoms with Crippen molar-refractivity contribution in [1.29, 1.82) is 0 Å². The number of hydrogen-bond donors (Lipinski definition) is 0. The highest BCUT2D eigenvalue weighted by molar-refractivity contribution is 7.22. The van der Waals surface area contributed by atoms with Crippen molar-refractivity contribution in [2.45, 2.75) is 13.8 Å². The number of nitrogens with zero attached hydrogens (tertiary/aromatic N) is 3. The van der Waals surface area contributed by atoms with Gasteiger partial charge in [0.2, 0.25) is 0 Å². The molecule has 0 radical (unpaired) electrons. The molecule has 0 N–H and O–H groups in total. The standard InChI is InChI=1S/C20H23N3OS/c1-14-4-5-15(2)18(12-14)22-8-10-23(11-9-22)20-21-17-7-6-16(24-3)13-19(17)25-20/h4-7,12-13H,8-11H2,1-3H3. The van der Waals surface area contributed by atoms with Gasteiger partial charge < -0.3 is 14.5 Å². The molecule has 0 amide bonds. The molecule has 1 saturated heterocycles. The molecule has 1 aliphatic rings. The lowest BCUT2D eigenvalue weighted by atomic mass is 10.1. The van der Waals surface area contributed by atoms with Crippen LogP contribution in [0.3, 0.4) is 0 Å². The molecule has 2 heterocycles. The number of aromatic nitrogens is 1. The zero-order valence-electron chi connectivity index (χ0n) is 15.0. The second kappa shape index (κ2) is 6.56. The fourth-order valence-electron chi connectivity index (χ4n) is 3.35. The predicted molar refractivity (Wildman–Crippen MR) is 107 cm³/mol. The second-order valence-electron chi connectivity index (χ2n) is 6.59. The molecule has 4 nitrogen and oxygen atoms in total. The Kier molecular flexibility index (Phi) is 4.25. The molecule has 1 aliphatic heterocycles. The van der Waals surface area contributed by atoms with Crippen LogP contribution in [-0.4, -0.2) is 38.3 Å².